The van der Waals surface area contributed by atoms with E-state index in [4.69, 9.17) is 4.42 Å². The number of furan rings is 1. The Labute approximate surface area is 117 Å². The fourth-order valence-corrected chi connectivity index (χ4v) is 1.88. The van der Waals surface area contributed by atoms with Crippen molar-refractivity contribution < 1.29 is 9.21 Å². The van der Waals surface area contributed by atoms with Crippen LogP contribution in [0.4, 0.5) is 5.95 Å². The zero-order valence-corrected chi connectivity index (χ0v) is 11.6. The van der Waals surface area contributed by atoms with Crippen molar-refractivity contribution in [2.24, 2.45) is 0 Å². The highest BCUT2D eigenvalue weighted by Gasteiger charge is 2.21. The molecule has 2 rings (SSSR count). The summed E-state index contributed by atoms with van der Waals surface area (Å²) in [5, 5.41) is 2.71. The number of nitrogens with zero attached hydrogens (tertiary/aromatic N) is 3. The van der Waals surface area contributed by atoms with E-state index in [-0.39, 0.29) is 11.9 Å². The van der Waals surface area contributed by atoms with Crippen LogP contribution in [-0.4, -0.2) is 33.4 Å². The van der Waals surface area contributed by atoms with Crippen LogP contribution in [0.2, 0.25) is 0 Å². The summed E-state index contributed by atoms with van der Waals surface area (Å²) in [6.07, 6.45) is 6.51. The van der Waals surface area contributed by atoms with Crippen LogP contribution in [-0.2, 0) is 11.3 Å². The highest BCUT2D eigenvalue weighted by molar-refractivity contribution is 5.93. The summed E-state index contributed by atoms with van der Waals surface area (Å²) in [6.45, 7) is 5.30. The third kappa shape index (κ3) is 3.64. The van der Waals surface area contributed by atoms with Crippen molar-refractivity contribution in [1.29, 1.82) is 0 Å². The highest BCUT2D eigenvalue weighted by Crippen LogP contribution is 2.10. The number of carbonyl (C=O) groups is 1. The monoisotopic (exact) mass is 274 g/mol. The standard InChI is InChI=1S/C14H18N4O2/c1-3-18(9-12-5-8-20-10-12)11(2)13(19)17-14-15-6-4-7-16-14/h4-8,10-11H,3,9H2,1-2H3,(H,15,16,17,19)/t11-/m0/s1. The molecule has 106 valence electrons. The zero-order valence-electron chi connectivity index (χ0n) is 11.6. The smallest absolute Gasteiger partial charge is 0.243 e. The van der Waals surface area contributed by atoms with E-state index < -0.39 is 0 Å². The molecule has 2 heterocycles. The Kier molecular flexibility index (Phi) is 4.84. The molecule has 1 amide bonds. The van der Waals surface area contributed by atoms with Crippen LogP contribution < -0.4 is 5.32 Å². The lowest BCUT2D eigenvalue weighted by Crippen LogP contribution is -2.41. The molecule has 0 aromatic carbocycles. The van der Waals surface area contributed by atoms with Gasteiger partial charge in [-0.05, 0) is 25.6 Å². The third-order valence-electron chi connectivity index (χ3n) is 3.10. The maximum absolute atomic E-state index is 12.2. The van der Waals surface area contributed by atoms with E-state index in [0.29, 0.717) is 12.5 Å². The van der Waals surface area contributed by atoms with Crippen LogP contribution >= 0.6 is 0 Å². The number of nitrogens with one attached hydrogen (secondary N) is 1. The highest BCUT2D eigenvalue weighted by atomic mass is 16.3. The Morgan fingerprint density at radius 1 is 1.45 bits per heavy atom. The number of carbonyl (C=O) groups excluding carboxylic acids is 1. The summed E-state index contributed by atoms with van der Waals surface area (Å²) in [7, 11) is 0. The van der Waals surface area contributed by atoms with Gasteiger partial charge in [0, 0.05) is 24.5 Å². The van der Waals surface area contributed by atoms with E-state index in [2.05, 4.69) is 15.3 Å². The minimum Gasteiger partial charge on any atom is -0.472 e. The molecule has 2 aromatic rings. The van der Waals surface area contributed by atoms with Gasteiger partial charge in [0.1, 0.15) is 0 Å². The maximum atomic E-state index is 12.2. The number of amides is 1. The molecule has 2 aromatic heterocycles. The summed E-state index contributed by atoms with van der Waals surface area (Å²) >= 11 is 0. The summed E-state index contributed by atoms with van der Waals surface area (Å²) in [6, 6.07) is 3.32. The van der Waals surface area contributed by atoms with Gasteiger partial charge < -0.3 is 4.42 Å². The maximum Gasteiger partial charge on any atom is 0.243 e. The van der Waals surface area contributed by atoms with Crippen LogP contribution in [0.1, 0.15) is 19.4 Å². The Morgan fingerprint density at radius 2 is 2.20 bits per heavy atom. The number of anilines is 1. The van der Waals surface area contributed by atoms with Crippen LogP contribution in [0.3, 0.4) is 0 Å². The molecule has 0 saturated heterocycles. The first-order valence-electron chi connectivity index (χ1n) is 6.53. The van der Waals surface area contributed by atoms with E-state index in [9.17, 15) is 4.79 Å². The number of hydrogen-bond acceptors (Lipinski definition) is 5. The number of hydrogen-bond donors (Lipinski definition) is 1. The van der Waals surface area contributed by atoms with E-state index in [1.54, 1.807) is 31.0 Å². The molecule has 6 heteroatoms. The molecule has 0 bridgehead atoms. The molecular formula is C14H18N4O2. The molecule has 0 saturated carbocycles. The lowest BCUT2D eigenvalue weighted by molar-refractivity contribution is -0.120. The number of rotatable bonds is 6. The van der Waals surface area contributed by atoms with Gasteiger partial charge >= 0.3 is 0 Å². The van der Waals surface area contributed by atoms with Crippen molar-refractivity contribution in [2.45, 2.75) is 26.4 Å². The van der Waals surface area contributed by atoms with Gasteiger partial charge in [0.15, 0.2) is 0 Å². The van der Waals surface area contributed by atoms with Gasteiger partial charge in [-0.15, -0.1) is 0 Å². The molecule has 20 heavy (non-hydrogen) atoms. The van der Waals surface area contributed by atoms with Gasteiger partial charge in [0.2, 0.25) is 11.9 Å². The first kappa shape index (κ1) is 14.2. The minimum atomic E-state index is -0.279. The van der Waals surface area contributed by atoms with Gasteiger partial charge in [0.05, 0.1) is 18.6 Å². The normalized spacial score (nSPS) is 12.3. The topological polar surface area (TPSA) is 71.3 Å². The lowest BCUT2D eigenvalue weighted by atomic mass is 10.2. The van der Waals surface area contributed by atoms with Gasteiger partial charge in [-0.3, -0.25) is 15.0 Å². The fraction of sp³-hybridized carbons (Fsp3) is 0.357. The van der Waals surface area contributed by atoms with Crippen molar-refractivity contribution in [3.05, 3.63) is 42.6 Å². The van der Waals surface area contributed by atoms with Crippen molar-refractivity contribution >= 4 is 11.9 Å². The van der Waals surface area contributed by atoms with E-state index in [1.165, 1.54) is 0 Å². The number of aromatic nitrogens is 2. The molecule has 1 atom stereocenters. The van der Waals surface area contributed by atoms with Crippen molar-refractivity contribution in [3.8, 4) is 0 Å². The summed E-state index contributed by atoms with van der Waals surface area (Å²) in [4.78, 5) is 22.2. The van der Waals surface area contributed by atoms with Gasteiger partial charge in [0.25, 0.3) is 0 Å². The van der Waals surface area contributed by atoms with Gasteiger partial charge in [-0.25, -0.2) is 9.97 Å². The Bertz CT molecular complexity index is 527. The lowest BCUT2D eigenvalue weighted by Gasteiger charge is -2.26. The number of likely N-dealkylation sites (N-methyl/N-ethyl adjacent to an activating group) is 1. The van der Waals surface area contributed by atoms with E-state index in [1.807, 2.05) is 24.8 Å². The third-order valence-corrected chi connectivity index (χ3v) is 3.10. The summed E-state index contributed by atoms with van der Waals surface area (Å²) < 4.78 is 5.05. The van der Waals surface area contributed by atoms with Crippen LogP contribution in [0, 0.1) is 0 Å². The van der Waals surface area contributed by atoms with Crippen LogP contribution in [0.15, 0.2) is 41.5 Å². The largest absolute Gasteiger partial charge is 0.472 e. The molecule has 1 N–H and O–H groups in total. The molecular weight excluding hydrogens is 256 g/mol. The van der Waals surface area contributed by atoms with Gasteiger partial charge in [-0.1, -0.05) is 6.92 Å². The van der Waals surface area contributed by atoms with Crippen molar-refractivity contribution in [3.63, 3.8) is 0 Å². The second-order valence-corrected chi connectivity index (χ2v) is 4.43. The molecule has 0 aliphatic heterocycles. The summed E-state index contributed by atoms with van der Waals surface area (Å²) in [5.41, 5.74) is 1.04. The SMILES string of the molecule is CCN(Cc1ccoc1)[C@@H](C)C(=O)Nc1ncccn1. The Hall–Kier alpha value is -2.21. The van der Waals surface area contributed by atoms with Crippen LogP contribution in [0.25, 0.3) is 0 Å². The van der Waals surface area contributed by atoms with E-state index in [0.717, 1.165) is 12.1 Å². The first-order valence-corrected chi connectivity index (χ1v) is 6.53. The van der Waals surface area contributed by atoms with Gasteiger partial charge in [-0.2, -0.15) is 0 Å². The second kappa shape index (κ2) is 6.81. The average molecular weight is 274 g/mol. The molecule has 0 aliphatic carbocycles. The molecule has 6 nitrogen and oxygen atoms in total. The predicted molar refractivity (Wildman–Crippen MR) is 74.9 cm³/mol. The first-order chi connectivity index (χ1) is 9.70. The average Bonchev–Trinajstić information content (AvgIpc) is 2.98. The van der Waals surface area contributed by atoms with Crippen molar-refractivity contribution in [1.82, 2.24) is 14.9 Å². The quantitative estimate of drug-likeness (QED) is 0.871. The fourth-order valence-electron chi connectivity index (χ4n) is 1.88. The second-order valence-electron chi connectivity index (χ2n) is 4.43. The van der Waals surface area contributed by atoms with Crippen LogP contribution in [0.5, 0.6) is 0 Å². The van der Waals surface area contributed by atoms with Crippen molar-refractivity contribution in [2.75, 3.05) is 11.9 Å². The Morgan fingerprint density at radius 3 is 2.80 bits per heavy atom. The molecule has 0 aliphatic rings. The molecule has 0 unspecified atom stereocenters. The minimum absolute atomic E-state index is 0.124. The Balaban J connectivity index is 1.97. The molecule has 0 spiro atoms. The molecule has 0 fully saturated rings. The van der Waals surface area contributed by atoms with E-state index >= 15 is 0 Å². The zero-order chi connectivity index (χ0) is 14.4. The molecule has 0 radical (unpaired) electrons. The summed E-state index contributed by atoms with van der Waals surface area (Å²) in [5.74, 6) is 0.199. The predicted octanol–water partition coefficient (Wildman–Crippen LogP) is 1.92.